The van der Waals surface area contributed by atoms with Gasteiger partial charge in [0.15, 0.2) is 11.6 Å². The number of hydrogen-bond donors (Lipinski definition) is 1. The molecule has 0 saturated carbocycles. The van der Waals surface area contributed by atoms with E-state index in [1.807, 2.05) is 0 Å². The highest BCUT2D eigenvalue weighted by Gasteiger charge is 2.37. The molecule has 3 atom stereocenters. The van der Waals surface area contributed by atoms with Crippen LogP contribution in [0, 0.1) is 5.82 Å². The van der Waals surface area contributed by atoms with Crippen molar-refractivity contribution in [1.29, 1.82) is 0 Å². The minimum Gasteiger partial charge on any atom is -0.494 e. The molecule has 1 aromatic carbocycles. The van der Waals surface area contributed by atoms with Crippen LogP contribution in [-0.2, 0) is 15.6 Å². The van der Waals surface area contributed by atoms with Gasteiger partial charge in [0, 0.05) is 29.4 Å². The van der Waals surface area contributed by atoms with E-state index in [0.717, 1.165) is 0 Å². The molecule has 3 unspecified atom stereocenters. The van der Waals surface area contributed by atoms with Crippen LogP contribution in [0.1, 0.15) is 18.7 Å². The number of benzene rings is 1. The molecular weight excluding hydrogens is 295 g/mol. The van der Waals surface area contributed by atoms with Gasteiger partial charge in [0.05, 0.1) is 13.2 Å². The molecule has 0 aliphatic carbocycles. The lowest BCUT2D eigenvalue weighted by atomic mass is 10.1. The predicted molar refractivity (Wildman–Crippen MR) is 78.9 cm³/mol. The van der Waals surface area contributed by atoms with Crippen LogP contribution >= 0.6 is 0 Å². The molecule has 1 heterocycles. The molecule has 0 radical (unpaired) electrons. The van der Waals surface area contributed by atoms with Gasteiger partial charge in [-0.15, -0.1) is 0 Å². The number of nitrogens with one attached hydrogen (secondary N) is 1. The summed E-state index contributed by atoms with van der Waals surface area (Å²) in [6.45, 7) is 2.13. The van der Waals surface area contributed by atoms with E-state index in [4.69, 9.17) is 4.74 Å². The Bertz CT molecular complexity index is 567. The largest absolute Gasteiger partial charge is 0.494 e. The SMILES string of the molecule is COc1ccc(C2NC(C)C(=O)N2CCS(C)=O)cc1F. The van der Waals surface area contributed by atoms with Crippen LogP contribution < -0.4 is 10.1 Å². The first kappa shape index (κ1) is 15.9. The summed E-state index contributed by atoms with van der Waals surface area (Å²) in [7, 11) is 0.419. The number of halogens is 1. The first-order chi connectivity index (χ1) is 9.93. The maximum absolute atomic E-state index is 13.8. The number of carbonyl (C=O) groups is 1. The summed E-state index contributed by atoms with van der Waals surface area (Å²) in [5.41, 5.74) is 0.646. The third kappa shape index (κ3) is 3.41. The Hall–Kier alpha value is -1.47. The van der Waals surface area contributed by atoms with Gasteiger partial charge in [-0.3, -0.25) is 14.3 Å². The summed E-state index contributed by atoms with van der Waals surface area (Å²) in [4.78, 5) is 13.8. The van der Waals surface area contributed by atoms with Crippen molar-refractivity contribution in [3.63, 3.8) is 0 Å². The van der Waals surface area contributed by atoms with E-state index in [0.29, 0.717) is 17.9 Å². The smallest absolute Gasteiger partial charge is 0.241 e. The lowest BCUT2D eigenvalue weighted by Crippen LogP contribution is -2.34. The minimum atomic E-state index is -0.984. The number of carbonyl (C=O) groups excluding carboxylic acids is 1. The van der Waals surface area contributed by atoms with Crippen molar-refractivity contribution in [3.05, 3.63) is 29.6 Å². The summed E-state index contributed by atoms with van der Waals surface area (Å²) < 4.78 is 30.0. The van der Waals surface area contributed by atoms with E-state index in [9.17, 15) is 13.4 Å². The molecule has 116 valence electrons. The standard InChI is InChI=1S/C14H19FN2O3S/c1-9-14(18)17(6-7-21(3)19)13(16-9)10-4-5-12(20-2)11(15)8-10/h4-5,8-9,13,16H,6-7H2,1-3H3. The summed E-state index contributed by atoms with van der Waals surface area (Å²) >= 11 is 0. The Balaban J connectivity index is 2.25. The highest BCUT2D eigenvalue weighted by Crippen LogP contribution is 2.28. The quantitative estimate of drug-likeness (QED) is 0.882. The van der Waals surface area contributed by atoms with Gasteiger partial charge in [-0.2, -0.15) is 0 Å². The monoisotopic (exact) mass is 314 g/mol. The van der Waals surface area contributed by atoms with Crippen molar-refractivity contribution >= 4 is 16.7 Å². The summed E-state index contributed by atoms with van der Waals surface area (Å²) in [5.74, 6) is 0.0248. The van der Waals surface area contributed by atoms with Gasteiger partial charge in [0.2, 0.25) is 5.91 Å². The third-order valence-electron chi connectivity index (χ3n) is 3.48. The fourth-order valence-corrected chi connectivity index (χ4v) is 2.82. The van der Waals surface area contributed by atoms with Crippen molar-refractivity contribution in [2.24, 2.45) is 0 Å². The summed E-state index contributed by atoms with van der Waals surface area (Å²) in [6, 6.07) is 4.28. The average Bonchev–Trinajstić information content (AvgIpc) is 2.72. The fourth-order valence-electron chi connectivity index (χ4n) is 2.37. The third-order valence-corrected chi connectivity index (χ3v) is 4.24. The first-order valence-electron chi connectivity index (χ1n) is 6.64. The Morgan fingerprint density at radius 1 is 1.48 bits per heavy atom. The molecular formula is C14H19FN2O3S. The van der Waals surface area contributed by atoms with Crippen LogP contribution in [-0.4, -0.2) is 46.7 Å². The van der Waals surface area contributed by atoms with Crippen molar-refractivity contribution in [2.45, 2.75) is 19.1 Å². The molecule has 1 fully saturated rings. The minimum absolute atomic E-state index is 0.0679. The molecule has 1 aliphatic heterocycles. The van der Waals surface area contributed by atoms with E-state index in [2.05, 4.69) is 5.32 Å². The zero-order valence-corrected chi connectivity index (χ0v) is 13.1. The van der Waals surface area contributed by atoms with Crippen LogP contribution in [0.4, 0.5) is 4.39 Å². The van der Waals surface area contributed by atoms with E-state index in [-0.39, 0.29) is 17.7 Å². The number of amides is 1. The second kappa shape index (κ2) is 6.53. The fraction of sp³-hybridized carbons (Fsp3) is 0.500. The lowest BCUT2D eigenvalue weighted by molar-refractivity contribution is -0.129. The molecule has 0 aromatic heterocycles. The van der Waals surface area contributed by atoms with Crippen LogP contribution in [0.3, 0.4) is 0 Å². The van der Waals surface area contributed by atoms with Crippen molar-refractivity contribution < 1.29 is 18.1 Å². The van der Waals surface area contributed by atoms with Crippen LogP contribution in [0.25, 0.3) is 0 Å². The maximum Gasteiger partial charge on any atom is 0.241 e. The van der Waals surface area contributed by atoms with Gasteiger partial charge in [-0.25, -0.2) is 4.39 Å². The zero-order chi connectivity index (χ0) is 15.6. The van der Waals surface area contributed by atoms with Crippen LogP contribution in [0.15, 0.2) is 18.2 Å². The molecule has 7 heteroatoms. The number of methoxy groups -OCH3 is 1. The molecule has 0 spiro atoms. The van der Waals surface area contributed by atoms with Gasteiger partial charge in [-0.05, 0) is 24.6 Å². The lowest BCUT2D eigenvalue weighted by Gasteiger charge is -2.24. The molecule has 0 bridgehead atoms. The first-order valence-corrected chi connectivity index (χ1v) is 8.36. The van der Waals surface area contributed by atoms with Gasteiger partial charge >= 0.3 is 0 Å². The molecule has 1 N–H and O–H groups in total. The molecule has 1 aliphatic rings. The number of rotatable bonds is 5. The van der Waals surface area contributed by atoms with Crippen molar-refractivity contribution in [1.82, 2.24) is 10.2 Å². The van der Waals surface area contributed by atoms with Crippen LogP contribution in [0.5, 0.6) is 5.75 Å². The van der Waals surface area contributed by atoms with Crippen molar-refractivity contribution in [2.75, 3.05) is 25.7 Å². The highest BCUT2D eigenvalue weighted by molar-refractivity contribution is 7.84. The average molecular weight is 314 g/mol. The Labute approximate surface area is 125 Å². The van der Waals surface area contributed by atoms with Gasteiger partial charge in [0.25, 0.3) is 0 Å². The maximum atomic E-state index is 13.8. The van der Waals surface area contributed by atoms with Gasteiger partial charge < -0.3 is 9.64 Å². The van der Waals surface area contributed by atoms with Crippen molar-refractivity contribution in [3.8, 4) is 5.75 Å². The normalized spacial score (nSPS) is 23.4. The molecule has 21 heavy (non-hydrogen) atoms. The Morgan fingerprint density at radius 3 is 2.76 bits per heavy atom. The van der Waals surface area contributed by atoms with Gasteiger partial charge in [-0.1, -0.05) is 6.07 Å². The highest BCUT2D eigenvalue weighted by atomic mass is 32.2. The number of hydrogen-bond acceptors (Lipinski definition) is 4. The van der Waals surface area contributed by atoms with E-state index >= 15 is 0 Å². The molecule has 1 saturated heterocycles. The second-order valence-electron chi connectivity index (χ2n) is 4.99. The van der Waals surface area contributed by atoms with Crippen LogP contribution in [0.2, 0.25) is 0 Å². The molecule has 1 amide bonds. The van der Waals surface area contributed by atoms with E-state index < -0.39 is 22.8 Å². The topological polar surface area (TPSA) is 58.6 Å². The van der Waals surface area contributed by atoms with E-state index in [1.165, 1.54) is 19.2 Å². The summed E-state index contributed by atoms with van der Waals surface area (Å²) in [6.07, 6.45) is 1.19. The Kier molecular flexibility index (Phi) is 4.95. The molecule has 5 nitrogen and oxygen atoms in total. The van der Waals surface area contributed by atoms with Gasteiger partial charge in [0.1, 0.15) is 6.17 Å². The summed E-state index contributed by atoms with van der Waals surface area (Å²) in [5, 5.41) is 3.13. The number of ether oxygens (including phenoxy) is 1. The Morgan fingerprint density at radius 2 is 2.19 bits per heavy atom. The predicted octanol–water partition coefficient (Wildman–Crippen LogP) is 1.03. The van der Waals surface area contributed by atoms with E-state index in [1.54, 1.807) is 24.1 Å². The number of nitrogens with zero attached hydrogens (tertiary/aromatic N) is 1. The molecule has 2 rings (SSSR count). The zero-order valence-electron chi connectivity index (χ0n) is 12.3. The second-order valence-corrected chi connectivity index (χ2v) is 6.55. The molecule has 1 aromatic rings.